The van der Waals surface area contributed by atoms with Crippen molar-refractivity contribution in [2.24, 2.45) is 0 Å². The summed E-state index contributed by atoms with van der Waals surface area (Å²) in [6.45, 7) is 3.61. The first-order valence-corrected chi connectivity index (χ1v) is 6.25. The van der Waals surface area contributed by atoms with Gasteiger partial charge < -0.3 is 5.11 Å². The van der Waals surface area contributed by atoms with Crippen LogP contribution in [0.4, 0.5) is 0 Å². The van der Waals surface area contributed by atoms with Crippen LogP contribution in [0.15, 0.2) is 30.5 Å². The van der Waals surface area contributed by atoms with E-state index in [9.17, 15) is 5.11 Å². The molecule has 0 spiro atoms. The van der Waals surface area contributed by atoms with Crippen molar-refractivity contribution in [1.82, 2.24) is 4.98 Å². The summed E-state index contributed by atoms with van der Waals surface area (Å²) in [4.78, 5) is 3.95. The van der Waals surface area contributed by atoms with E-state index in [2.05, 4.69) is 4.98 Å². The lowest BCUT2D eigenvalue weighted by Crippen LogP contribution is -1.95. The van der Waals surface area contributed by atoms with Gasteiger partial charge in [0.05, 0.1) is 6.10 Å². The molecule has 0 aliphatic carbocycles. The molecule has 0 amide bonds. The average molecular weight is 273 g/mol. The molecule has 1 unspecified atom stereocenters. The number of halogens is 1. The van der Waals surface area contributed by atoms with Crippen molar-refractivity contribution in [3.05, 3.63) is 52.3 Å². The van der Waals surface area contributed by atoms with E-state index in [4.69, 9.17) is 16.9 Å². The number of aliphatic hydroxyl groups excluding tert-OH is 1. The molecule has 2 rings (SSSR count). The molecule has 1 aromatic heterocycles. The second kappa shape index (κ2) is 5.40. The predicted molar refractivity (Wildman–Crippen MR) is 74.8 cm³/mol. The normalized spacial score (nSPS) is 11.9. The van der Waals surface area contributed by atoms with Crippen LogP contribution in [0.5, 0.6) is 0 Å². The van der Waals surface area contributed by atoms with Crippen LogP contribution in [0.2, 0.25) is 5.02 Å². The fourth-order valence-corrected chi connectivity index (χ4v) is 2.13. The number of benzene rings is 1. The summed E-state index contributed by atoms with van der Waals surface area (Å²) in [5.74, 6) is 0. The average Bonchev–Trinajstić information content (AvgIpc) is 2.41. The van der Waals surface area contributed by atoms with E-state index in [1.165, 1.54) is 0 Å². The molecule has 4 heteroatoms. The third-order valence-corrected chi connectivity index (χ3v) is 3.43. The number of aromatic nitrogens is 1. The van der Waals surface area contributed by atoms with E-state index in [0.717, 1.165) is 22.3 Å². The van der Waals surface area contributed by atoms with Gasteiger partial charge in [0.25, 0.3) is 0 Å². The maximum atomic E-state index is 9.69. The van der Waals surface area contributed by atoms with Crippen molar-refractivity contribution in [2.75, 3.05) is 0 Å². The minimum atomic E-state index is -0.589. The Bertz CT molecular complexity index is 660. The highest BCUT2D eigenvalue weighted by molar-refractivity contribution is 6.31. The molecule has 1 aromatic carbocycles. The Morgan fingerprint density at radius 3 is 2.74 bits per heavy atom. The SMILES string of the molecule is Cc1c(Cl)cc(C(C)O)cc1-c1ccnc(C#N)c1. The number of aliphatic hydroxyl groups is 1. The molecule has 1 heterocycles. The molecular formula is C15H13ClN2O. The van der Waals surface area contributed by atoms with Crippen molar-refractivity contribution in [2.45, 2.75) is 20.0 Å². The summed E-state index contributed by atoms with van der Waals surface area (Å²) in [7, 11) is 0. The van der Waals surface area contributed by atoms with Crippen molar-refractivity contribution in [3.63, 3.8) is 0 Å². The molecule has 19 heavy (non-hydrogen) atoms. The lowest BCUT2D eigenvalue weighted by molar-refractivity contribution is 0.199. The Balaban J connectivity index is 2.64. The molecule has 0 fully saturated rings. The Morgan fingerprint density at radius 1 is 1.37 bits per heavy atom. The van der Waals surface area contributed by atoms with E-state index in [0.29, 0.717) is 10.7 Å². The molecular weight excluding hydrogens is 260 g/mol. The van der Waals surface area contributed by atoms with Gasteiger partial charge in [-0.25, -0.2) is 4.98 Å². The number of hydrogen-bond donors (Lipinski definition) is 1. The Hall–Kier alpha value is -1.89. The highest BCUT2D eigenvalue weighted by Crippen LogP contribution is 2.32. The number of hydrogen-bond acceptors (Lipinski definition) is 3. The molecule has 0 aliphatic heterocycles. The zero-order valence-electron chi connectivity index (χ0n) is 10.7. The maximum absolute atomic E-state index is 9.69. The van der Waals surface area contributed by atoms with E-state index in [1.807, 2.05) is 25.1 Å². The Labute approximate surface area is 117 Å². The molecule has 1 atom stereocenters. The highest BCUT2D eigenvalue weighted by atomic mass is 35.5. The number of rotatable bonds is 2. The molecule has 0 radical (unpaired) electrons. The summed E-state index contributed by atoms with van der Waals surface area (Å²) < 4.78 is 0. The van der Waals surface area contributed by atoms with Gasteiger partial charge >= 0.3 is 0 Å². The first-order chi connectivity index (χ1) is 9.02. The molecule has 0 aliphatic rings. The second-order valence-electron chi connectivity index (χ2n) is 4.39. The predicted octanol–water partition coefficient (Wildman–Crippen LogP) is 3.64. The van der Waals surface area contributed by atoms with Crippen LogP contribution in [-0.2, 0) is 0 Å². The summed E-state index contributed by atoms with van der Waals surface area (Å²) in [5, 5.41) is 19.2. The number of nitrogens with zero attached hydrogens (tertiary/aromatic N) is 2. The molecule has 0 bridgehead atoms. The minimum Gasteiger partial charge on any atom is -0.389 e. The number of nitriles is 1. The lowest BCUT2D eigenvalue weighted by Gasteiger charge is -2.13. The quantitative estimate of drug-likeness (QED) is 0.908. The zero-order chi connectivity index (χ0) is 14.0. The van der Waals surface area contributed by atoms with Gasteiger partial charge in [-0.3, -0.25) is 0 Å². The minimum absolute atomic E-state index is 0.357. The molecule has 0 saturated heterocycles. The van der Waals surface area contributed by atoms with E-state index in [-0.39, 0.29) is 0 Å². The van der Waals surface area contributed by atoms with Crippen LogP contribution in [-0.4, -0.2) is 10.1 Å². The first-order valence-electron chi connectivity index (χ1n) is 5.87. The van der Waals surface area contributed by atoms with Crippen molar-refractivity contribution in [3.8, 4) is 17.2 Å². The zero-order valence-corrected chi connectivity index (χ0v) is 11.4. The van der Waals surface area contributed by atoms with Crippen LogP contribution in [0.1, 0.15) is 29.8 Å². The molecule has 96 valence electrons. The van der Waals surface area contributed by atoms with Gasteiger partial charge in [-0.15, -0.1) is 0 Å². The standard InChI is InChI=1S/C15H13ClN2O/c1-9-14(6-12(10(2)19)7-15(9)16)11-3-4-18-13(5-11)8-17/h3-7,10,19H,1-2H3. The maximum Gasteiger partial charge on any atom is 0.141 e. The molecule has 0 saturated carbocycles. The van der Waals surface area contributed by atoms with Gasteiger partial charge in [0.1, 0.15) is 11.8 Å². The van der Waals surface area contributed by atoms with Crippen LogP contribution in [0.25, 0.3) is 11.1 Å². The first kappa shape index (κ1) is 13.5. The largest absolute Gasteiger partial charge is 0.389 e. The third kappa shape index (κ3) is 2.76. The third-order valence-electron chi connectivity index (χ3n) is 3.03. The van der Waals surface area contributed by atoms with Crippen molar-refractivity contribution >= 4 is 11.6 Å². The Kier molecular flexibility index (Phi) is 3.84. The summed E-state index contributed by atoms with van der Waals surface area (Å²) >= 11 is 6.19. The van der Waals surface area contributed by atoms with Crippen LogP contribution in [0, 0.1) is 18.3 Å². The smallest absolute Gasteiger partial charge is 0.141 e. The summed E-state index contributed by atoms with van der Waals surface area (Å²) in [6, 6.07) is 9.21. The summed E-state index contributed by atoms with van der Waals surface area (Å²) in [6.07, 6.45) is 1.00. The van der Waals surface area contributed by atoms with Gasteiger partial charge in [-0.2, -0.15) is 5.26 Å². The van der Waals surface area contributed by atoms with E-state index >= 15 is 0 Å². The van der Waals surface area contributed by atoms with Crippen LogP contribution in [0.3, 0.4) is 0 Å². The van der Waals surface area contributed by atoms with Gasteiger partial charge in [0.2, 0.25) is 0 Å². The molecule has 3 nitrogen and oxygen atoms in total. The summed E-state index contributed by atoms with van der Waals surface area (Å²) in [5.41, 5.74) is 3.80. The lowest BCUT2D eigenvalue weighted by atomic mass is 9.96. The fourth-order valence-electron chi connectivity index (χ4n) is 1.90. The van der Waals surface area contributed by atoms with E-state index in [1.54, 1.807) is 25.3 Å². The van der Waals surface area contributed by atoms with Gasteiger partial charge in [0.15, 0.2) is 0 Å². The van der Waals surface area contributed by atoms with Crippen molar-refractivity contribution < 1.29 is 5.11 Å². The molecule has 2 aromatic rings. The molecule has 1 N–H and O–H groups in total. The van der Waals surface area contributed by atoms with Crippen LogP contribution >= 0.6 is 11.6 Å². The van der Waals surface area contributed by atoms with Gasteiger partial charge in [0, 0.05) is 11.2 Å². The Morgan fingerprint density at radius 2 is 2.11 bits per heavy atom. The van der Waals surface area contributed by atoms with E-state index < -0.39 is 6.10 Å². The topological polar surface area (TPSA) is 56.9 Å². The van der Waals surface area contributed by atoms with Crippen molar-refractivity contribution in [1.29, 1.82) is 5.26 Å². The van der Waals surface area contributed by atoms with Crippen LogP contribution < -0.4 is 0 Å². The highest BCUT2D eigenvalue weighted by Gasteiger charge is 2.11. The fraction of sp³-hybridized carbons (Fsp3) is 0.200. The van der Waals surface area contributed by atoms with Gasteiger partial charge in [-0.05, 0) is 60.4 Å². The van der Waals surface area contributed by atoms with Gasteiger partial charge in [-0.1, -0.05) is 11.6 Å². The number of pyridine rings is 1. The monoisotopic (exact) mass is 272 g/mol. The second-order valence-corrected chi connectivity index (χ2v) is 4.80.